The number of amides is 1. The molecule has 0 saturated heterocycles. The minimum absolute atomic E-state index is 0.0624. The van der Waals surface area contributed by atoms with E-state index in [1.165, 1.54) is 6.07 Å². The molecule has 1 aliphatic heterocycles. The van der Waals surface area contributed by atoms with Crippen molar-refractivity contribution in [2.24, 2.45) is 10.3 Å². The summed E-state index contributed by atoms with van der Waals surface area (Å²) in [4.78, 5) is 14.7. The summed E-state index contributed by atoms with van der Waals surface area (Å²) in [5.41, 5.74) is 3.52. The topological polar surface area (TPSA) is 78.8 Å². The summed E-state index contributed by atoms with van der Waals surface area (Å²) in [6.45, 7) is 10.3. The average Bonchev–Trinajstić information content (AvgIpc) is 2.60. The summed E-state index contributed by atoms with van der Waals surface area (Å²) in [5, 5.41) is 2.87. The maximum Gasteiger partial charge on any atom is 0.286 e. The Hall–Kier alpha value is -2.67. The molecule has 0 atom stereocenters. The van der Waals surface area contributed by atoms with Crippen molar-refractivity contribution < 1.29 is 13.2 Å². The molecule has 2 aromatic rings. The minimum atomic E-state index is -3.84. The van der Waals surface area contributed by atoms with Crippen LogP contribution in [0.4, 0.5) is 11.4 Å². The van der Waals surface area contributed by atoms with Gasteiger partial charge in [-0.15, -0.1) is 4.40 Å². The predicted octanol–water partition coefficient (Wildman–Crippen LogP) is 4.14. The third kappa shape index (κ3) is 3.94. The van der Waals surface area contributed by atoms with Gasteiger partial charge in [0.15, 0.2) is 0 Å². The van der Waals surface area contributed by atoms with E-state index in [1.54, 1.807) is 19.1 Å². The molecule has 0 aliphatic carbocycles. The molecule has 0 saturated carbocycles. The number of fused-ring (bicyclic) bond motifs is 1. The molecule has 1 N–H and O–H groups in total. The quantitative estimate of drug-likeness (QED) is 0.838. The Morgan fingerprint density at radius 2 is 1.82 bits per heavy atom. The van der Waals surface area contributed by atoms with Crippen LogP contribution < -0.4 is 10.2 Å². The minimum Gasteiger partial charge on any atom is -0.328 e. The van der Waals surface area contributed by atoms with Crippen molar-refractivity contribution in [2.75, 3.05) is 16.8 Å². The lowest BCUT2D eigenvalue weighted by molar-refractivity contribution is 0.102. The first-order valence-electron chi connectivity index (χ1n) is 9.20. The summed E-state index contributed by atoms with van der Waals surface area (Å²) in [7, 11) is -3.84. The molecule has 1 heterocycles. The highest BCUT2D eigenvalue weighted by Gasteiger charge is 2.30. The van der Waals surface area contributed by atoms with Crippen LogP contribution in [0.25, 0.3) is 0 Å². The first kappa shape index (κ1) is 20.1. The Balaban J connectivity index is 1.99. The maximum atomic E-state index is 12.7. The van der Waals surface area contributed by atoms with Gasteiger partial charge in [0, 0.05) is 17.8 Å². The molecule has 7 heteroatoms. The van der Waals surface area contributed by atoms with Gasteiger partial charge in [-0.25, -0.2) is 0 Å². The Labute approximate surface area is 166 Å². The van der Waals surface area contributed by atoms with Gasteiger partial charge in [0.25, 0.3) is 15.9 Å². The summed E-state index contributed by atoms with van der Waals surface area (Å²) in [6, 6.07) is 10.5. The highest BCUT2D eigenvalue weighted by atomic mass is 32.2. The number of rotatable bonds is 4. The second kappa shape index (κ2) is 7.39. The van der Waals surface area contributed by atoms with Gasteiger partial charge >= 0.3 is 0 Å². The fourth-order valence-corrected chi connectivity index (χ4v) is 4.46. The van der Waals surface area contributed by atoms with Crippen LogP contribution in [0.3, 0.4) is 0 Å². The van der Waals surface area contributed by atoms with E-state index in [-0.39, 0.29) is 16.4 Å². The second-order valence-corrected chi connectivity index (χ2v) is 9.15. The van der Waals surface area contributed by atoms with E-state index in [4.69, 9.17) is 0 Å². The molecule has 3 rings (SSSR count). The molecule has 0 bridgehead atoms. The Kier molecular flexibility index (Phi) is 5.30. The highest BCUT2D eigenvalue weighted by Crippen LogP contribution is 2.33. The van der Waals surface area contributed by atoms with Crippen molar-refractivity contribution in [1.29, 1.82) is 0 Å². The summed E-state index contributed by atoms with van der Waals surface area (Å²) in [6.07, 6.45) is 0. The number of sulfonamides is 1. The zero-order valence-electron chi connectivity index (χ0n) is 16.8. The molecule has 0 aromatic heterocycles. The van der Waals surface area contributed by atoms with Gasteiger partial charge in [-0.2, -0.15) is 8.42 Å². The summed E-state index contributed by atoms with van der Waals surface area (Å²) < 4.78 is 29.1. The van der Waals surface area contributed by atoms with Gasteiger partial charge in [0.2, 0.25) is 0 Å². The van der Waals surface area contributed by atoms with Crippen molar-refractivity contribution in [3.8, 4) is 0 Å². The lowest BCUT2D eigenvalue weighted by Gasteiger charge is -2.30. The van der Waals surface area contributed by atoms with Crippen LogP contribution in [0, 0.1) is 19.8 Å². The van der Waals surface area contributed by atoms with Crippen molar-refractivity contribution in [1.82, 2.24) is 0 Å². The van der Waals surface area contributed by atoms with Crippen LogP contribution in [0.1, 0.15) is 42.3 Å². The number of carbonyl (C=O) groups is 1. The number of benzene rings is 2. The summed E-state index contributed by atoms with van der Waals surface area (Å²) in [5.74, 6) is 0.410. The lowest BCUT2D eigenvalue weighted by Crippen LogP contribution is -2.36. The summed E-state index contributed by atoms with van der Waals surface area (Å²) >= 11 is 0. The third-order valence-corrected chi connectivity index (χ3v) is 6.01. The third-order valence-electron chi connectivity index (χ3n) is 4.62. The van der Waals surface area contributed by atoms with Crippen LogP contribution in [-0.2, 0) is 10.0 Å². The first-order chi connectivity index (χ1) is 13.1. The molecule has 6 nitrogen and oxygen atoms in total. The molecule has 2 aromatic carbocycles. The fourth-order valence-electron chi connectivity index (χ4n) is 3.19. The zero-order valence-corrected chi connectivity index (χ0v) is 17.6. The van der Waals surface area contributed by atoms with Gasteiger partial charge in [0.05, 0.1) is 5.69 Å². The standard InChI is InChI=1S/C21H25N3O3S/c1-13(2)12-24-16(5)23-28(26,27)20-11-17(8-9-19(20)24)21(25)22-18-10-14(3)6-7-15(18)4/h6-11,13H,12H2,1-5H3,(H,22,25). The number of carbonyl (C=O) groups excluding carboxylic acids is 1. The molecular weight excluding hydrogens is 374 g/mol. The molecule has 148 valence electrons. The van der Waals surface area contributed by atoms with Crippen molar-refractivity contribution in [3.05, 3.63) is 53.1 Å². The van der Waals surface area contributed by atoms with Gasteiger partial charge in [0.1, 0.15) is 10.7 Å². The van der Waals surface area contributed by atoms with E-state index >= 15 is 0 Å². The number of hydrogen-bond donors (Lipinski definition) is 1. The van der Waals surface area contributed by atoms with Crippen molar-refractivity contribution in [2.45, 2.75) is 39.5 Å². The zero-order chi connectivity index (χ0) is 20.6. The molecule has 1 amide bonds. The van der Waals surface area contributed by atoms with Crippen LogP contribution in [0.15, 0.2) is 45.7 Å². The lowest BCUT2D eigenvalue weighted by atomic mass is 10.1. The Morgan fingerprint density at radius 1 is 1.11 bits per heavy atom. The van der Waals surface area contributed by atoms with Gasteiger partial charge < -0.3 is 10.2 Å². The normalized spacial score (nSPS) is 15.2. The van der Waals surface area contributed by atoms with Crippen molar-refractivity contribution in [3.63, 3.8) is 0 Å². The number of anilines is 2. The van der Waals surface area contributed by atoms with Crippen molar-refractivity contribution >= 4 is 33.1 Å². The van der Waals surface area contributed by atoms with E-state index in [2.05, 4.69) is 23.6 Å². The van der Waals surface area contributed by atoms with Gasteiger partial charge in [-0.1, -0.05) is 26.0 Å². The van der Waals surface area contributed by atoms with Crippen LogP contribution >= 0.6 is 0 Å². The maximum absolute atomic E-state index is 12.7. The van der Waals surface area contributed by atoms with E-state index in [0.29, 0.717) is 29.7 Å². The van der Waals surface area contributed by atoms with Gasteiger partial charge in [-0.05, 0) is 62.1 Å². The van der Waals surface area contributed by atoms with E-state index in [0.717, 1.165) is 11.1 Å². The number of aryl methyl sites for hydroxylation is 2. The van der Waals surface area contributed by atoms with E-state index in [1.807, 2.05) is 36.9 Å². The number of amidine groups is 1. The molecule has 0 radical (unpaired) electrons. The van der Waals surface area contributed by atoms with E-state index in [9.17, 15) is 13.2 Å². The molecule has 0 fully saturated rings. The Bertz CT molecular complexity index is 1070. The number of nitrogens with zero attached hydrogens (tertiary/aromatic N) is 2. The highest BCUT2D eigenvalue weighted by molar-refractivity contribution is 7.90. The smallest absolute Gasteiger partial charge is 0.286 e. The molecular formula is C21H25N3O3S. The monoisotopic (exact) mass is 399 g/mol. The fraction of sp³-hybridized carbons (Fsp3) is 0.333. The second-order valence-electron chi connectivity index (χ2n) is 7.57. The SMILES string of the molecule is CC1=NS(=O)(=O)c2cc(C(=O)Nc3cc(C)ccc3C)ccc2N1CC(C)C. The average molecular weight is 400 g/mol. The first-order valence-corrected chi connectivity index (χ1v) is 10.6. The largest absolute Gasteiger partial charge is 0.328 e. The van der Waals surface area contributed by atoms with E-state index < -0.39 is 10.0 Å². The molecule has 28 heavy (non-hydrogen) atoms. The van der Waals surface area contributed by atoms with Crippen LogP contribution in [0.5, 0.6) is 0 Å². The molecule has 0 spiro atoms. The number of hydrogen-bond acceptors (Lipinski definition) is 4. The van der Waals surface area contributed by atoms with Crippen LogP contribution in [-0.4, -0.2) is 26.7 Å². The Morgan fingerprint density at radius 3 is 2.50 bits per heavy atom. The van der Waals surface area contributed by atoms with Gasteiger partial charge in [-0.3, -0.25) is 4.79 Å². The predicted molar refractivity (Wildman–Crippen MR) is 113 cm³/mol. The number of nitrogens with one attached hydrogen (secondary N) is 1. The van der Waals surface area contributed by atoms with Crippen LogP contribution in [0.2, 0.25) is 0 Å². The molecule has 1 aliphatic rings. The molecule has 0 unspecified atom stereocenters.